The van der Waals surface area contributed by atoms with Gasteiger partial charge in [-0.15, -0.1) is 0 Å². The van der Waals surface area contributed by atoms with E-state index in [1.807, 2.05) is 22.9 Å². The highest BCUT2D eigenvalue weighted by molar-refractivity contribution is 5.85. The maximum Gasteiger partial charge on any atom is 0.311 e. The first-order valence-electron chi connectivity index (χ1n) is 13.9. The minimum absolute atomic E-state index is 0.0298. The van der Waals surface area contributed by atoms with E-state index < -0.39 is 10.8 Å². The molecule has 2 amide bonds. The van der Waals surface area contributed by atoms with Crippen LogP contribution in [0.3, 0.4) is 0 Å². The summed E-state index contributed by atoms with van der Waals surface area (Å²) in [6.45, 7) is 6.63. The van der Waals surface area contributed by atoms with Crippen molar-refractivity contribution in [2.45, 2.75) is 52.1 Å². The number of pyridine rings is 1. The van der Waals surface area contributed by atoms with Gasteiger partial charge in [-0.3, -0.25) is 19.7 Å². The van der Waals surface area contributed by atoms with Gasteiger partial charge in [0.1, 0.15) is 5.82 Å². The topological polar surface area (TPSA) is 166 Å². The standard InChI is InChI=1S/C29H38N8O4/c1-3-21-7-9-22(10-8-21)23-17-34(14-5-13-32-27-12-11-24(37(40)41)29(31)33-27)18-25(23)36(19-26(30)38)20(2)16-35-15-4-6-28(35)39/h7-12,17-18,20H,3-6,13-16,19H2,1-2H3,(H2,30,38)(H3,31,32,33). The summed E-state index contributed by atoms with van der Waals surface area (Å²) in [4.78, 5) is 42.9. The molecule has 1 atom stereocenters. The van der Waals surface area contributed by atoms with Crippen molar-refractivity contribution in [1.29, 1.82) is 0 Å². The van der Waals surface area contributed by atoms with E-state index >= 15 is 0 Å². The van der Waals surface area contributed by atoms with Gasteiger partial charge in [0.05, 0.1) is 17.2 Å². The van der Waals surface area contributed by atoms with E-state index in [4.69, 9.17) is 11.5 Å². The van der Waals surface area contributed by atoms with Crippen molar-refractivity contribution in [2.75, 3.05) is 42.1 Å². The molecule has 0 saturated carbocycles. The first-order valence-corrected chi connectivity index (χ1v) is 13.9. The van der Waals surface area contributed by atoms with E-state index in [9.17, 15) is 19.7 Å². The van der Waals surface area contributed by atoms with Crippen LogP contribution in [0.15, 0.2) is 48.8 Å². The third-order valence-electron chi connectivity index (χ3n) is 7.35. The third-order valence-corrected chi connectivity index (χ3v) is 7.35. The Bertz CT molecular complexity index is 1390. The molecule has 1 aromatic carbocycles. The monoisotopic (exact) mass is 562 g/mol. The number of primary amides is 1. The van der Waals surface area contributed by atoms with Crippen molar-refractivity contribution < 1.29 is 14.5 Å². The number of hydrogen-bond acceptors (Lipinski definition) is 8. The highest BCUT2D eigenvalue weighted by atomic mass is 16.6. The molecule has 0 radical (unpaired) electrons. The molecule has 0 spiro atoms. The van der Waals surface area contributed by atoms with Gasteiger partial charge in [0.15, 0.2) is 0 Å². The number of anilines is 3. The number of amides is 2. The minimum Gasteiger partial charge on any atom is -0.378 e. The second-order valence-corrected chi connectivity index (χ2v) is 10.4. The number of benzene rings is 1. The Morgan fingerprint density at radius 2 is 1.98 bits per heavy atom. The quantitative estimate of drug-likeness (QED) is 0.153. The molecule has 1 fully saturated rings. The number of nitrogens with one attached hydrogen (secondary N) is 1. The summed E-state index contributed by atoms with van der Waals surface area (Å²) >= 11 is 0. The van der Waals surface area contributed by atoms with Crippen molar-refractivity contribution in [1.82, 2.24) is 14.5 Å². The molecule has 4 rings (SSSR count). The number of nitrogen functional groups attached to an aromatic ring is 1. The molecule has 1 aliphatic rings. The maximum atomic E-state index is 12.3. The number of carbonyl (C=O) groups excluding carboxylic acids is 2. The Morgan fingerprint density at radius 1 is 1.22 bits per heavy atom. The van der Waals surface area contributed by atoms with Gasteiger partial charge in [0.2, 0.25) is 17.6 Å². The van der Waals surface area contributed by atoms with Crippen molar-refractivity contribution in [3.63, 3.8) is 0 Å². The molecule has 12 nitrogen and oxygen atoms in total. The Hall–Kier alpha value is -4.61. The van der Waals surface area contributed by atoms with E-state index in [-0.39, 0.29) is 30.0 Å². The lowest BCUT2D eigenvalue weighted by atomic mass is 10.0. The van der Waals surface area contributed by atoms with E-state index in [0.717, 1.165) is 42.6 Å². The average molecular weight is 563 g/mol. The number of nitrogens with two attached hydrogens (primary N) is 2. The Kier molecular flexibility index (Phi) is 9.43. The molecule has 218 valence electrons. The zero-order valence-electron chi connectivity index (χ0n) is 23.6. The van der Waals surface area contributed by atoms with Gasteiger partial charge >= 0.3 is 5.69 Å². The van der Waals surface area contributed by atoms with Gasteiger partial charge in [-0.05, 0) is 43.4 Å². The largest absolute Gasteiger partial charge is 0.378 e. The molecule has 1 saturated heterocycles. The Balaban J connectivity index is 1.54. The number of nitro groups is 1. The smallest absolute Gasteiger partial charge is 0.311 e. The van der Waals surface area contributed by atoms with Crippen LogP contribution in [0.4, 0.5) is 23.0 Å². The normalized spacial score (nSPS) is 13.8. The third kappa shape index (κ3) is 7.33. The molecule has 41 heavy (non-hydrogen) atoms. The summed E-state index contributed by atoms with van der Waals surface area (Å²) in [5.41, 5.74) is 15.3. The lowest BCUT2D eigenvalue weighted by Gasteiger charge is -2.33. The highest BCUT2D eigenvalue weighted by Gasteiger charge is 2.27. The van der Waals surface area contributed by atoms with E-state index in [0.29, 0.717) is 31.9 Å². The van der Waals surface area contributed by atoms with Gasteiger partial charge in [0.25, 0.3) is 0 Å². The van der Waals surface area contributed by atoms with Crippen molar-refractivity contribution in [2.24, 2.45) is 5.73 Å². The fourth-order valence-corrected chi connectivity index (χ4v) is 5.16. The van der Waals surface area contributed by atoms with E-state index in [2.05, 4.69) is 52.3 Å². The molecule has 1 unspecified atom stereocenters. The molecular formula is C29H38N8O4. The zero-order valence-corrected chi connectivity index (χ0v) is 23.6. The summed E-state index contributed by atoms with van der Waals surface area (Å²) in [6, 6.07) is 11.1. The zero-order chi connectivity index (χ0) is 29.5. The molecule has 12 heteroatoms. The van der Waals surface area contributed by atoms with Crippen LogP contribution in [0.2, 0.25) is 0 Å². The van der Waals surface area contributed by atoms with Crippen molar-refractivity contribution in [3.8, 4) is 11.1 Å². The first kappa shape index (κ1) is 29.4. The summed E-state index contributed by atoms with van der Waals surface area (Å²) in [5, 5.41) is 14.1. The number of carbonyl (C=O) groups is 2. The molecule has 0 bridgehead atoms. The number of rotatable bonds is 14. The predicted octanol–water partition coefficient (Wildman–Crippen LogP) is 3.41. The summed E-state index contributed by atoms with van der Waals surface area (Å²) in [6.07, 6.45) is 7.17. The average Bonchev–Trinajstić information content (AvgIpc) is 3.55. The van der Waals surface area contributed by atoms with Crippen molar-refractivity contribution >= 4 is 34.8 Å². The molecule has 3 heterocycles. The molecule has 0 aliphatic carbocycles. The van der Waals surface area contributed by atoms with Gasteiger partial charge in [-0.25, -0.2) is 4.98 Å². The van der Waals surface area contributed by atoms with Gasteiger partial charge in [0, 0.05) is 62.7 Å². The van der Waals surface area contributed by atoms with Crippen LogP contribution in [-0.4, -0.2) is 63.4 Å². The molecule has 2 aromatic heterocycles. The molecule has 1 aliphatic heterocycles. The predicted molar refractivity (Wildman–Crippen MR) is 159 cm³/mol. The summed E-state index contributed by atoms with van der Waals surface area (Å²) in [5.74, 6) is 0.0354. The summed E-state index contributed by atoms with van der Waals surface area (Å²) in [7, 11) is 0. The maximum absolute atomic E-state index is 12.3. The second kappa shape index (κ2) is 13.2. The SMILES string of the molecule is CCc1ccc(-c2cn(CCCNc3ccc([N+](=O)[O-])c(N)n3)cc2N(CC(N)=O)C(C)CN2CCCC2=O)cc1. The number of aromatic nitrogens is 2. The van der Waals surface area contributed by atoms with Crippen LogP contribution in [0.25, 0.3) is 11.1 Å². The minimum atomic E-state index is -0.561. The number of hydrogen-bond donors (Lipinski definition) is 3. The van der Waals surface area contributed by atoms with Crippen LogP contribution in [0, 0.1) is 10.1 Å². The van der Waals surface area contributed by atoms with Gasteiger partial charge < -0.3 is 31.2 Å². The second-order valence-electron chi connectivity index (χ2n) is 10.4. The van der Waals surface area contributed by atoms with Crippen LogP contribution >= 0.6 is 0 Å². The molecule has 3 aromatic rings. The van der Waals surface area contributed by atoms with Gasteiger partial charge in [-0.2, -0.15) is 0 Å². The van der Waals surface area contributed by atoms with Crippen molar-refractivity contribution in [3.05, 3.63) is 64.5 Å². The van der Waals surface area contributed by atoms with Crippen LogP contribution in [0.5, 0.6) is 0 Å². The summed E-state index contributed by atoms with van der Waals surface area (Å²) < 4.78 is 2.08. The lowest BCUT2D eigenvalue weighted by molar-refractivity contribution is -0.384. The van der Waals surface area contributed by atoms with E-state index in [1.54, 1.807) is 0 Å². The van der Waals surface area contributed by atoms with Crippen LogP contribution in [0.1, 0.15) is 38.7 Å². The lowest BCUT2D eigenvalue weighted by Crippen LogP contribution is -2.46. The van der Waals surface area contributed by atoms with E-state index in [1.165, 1.54) is 17.7 Å². The van der Waals surface area contributed by atoms with Crippen LogP contribution < -0.4 is 21.7 Å². The first-order chi connectivity index (χ1) is 19.7. The number of likely N-dealkylation sites (tertiary alicyclic amines) is 1. The highest BCUT2D eigenvalue weighted by Crippen LogP contribution is 2.34. The fourth-order valence-electron chi connectivity index (χ4n) is 5.16. The Labute approximate surface area is 239 Å². The van der Waals surface area contributed by atoms with Crippen LogP contribution in [-0.2, 0) is 22.6 Å². The fraction of sp³-hybridized carbons (Fsp3) is 0.414. The molecular weight excluding hydrogens is 524 g/mol. The van der Waals surface area contributed by atoms with Gasteiger partial charge in [-0.1, -0.05) is 31.2 Å². The number of nitrogens with zero attached hydrogens (tertiary/aromatic N) is 5. The Morgan fingerprint density at radius 3 is 2.59 bits per heavy atom. The number of aryl methyl sites for hydroxylation is 2. The molecule has 5 N–H and O–H groups in total.